The van der Waals surface area contributed by atoms with Gasteiger partial charge in [0.05, 0.1) is 30.6 Å². The molecule has 282 valence electrons. The number of carbonyl (C=O) groups excluding carboxylic acids is 5. The van der Waals surface area contributed by atoms with Gasteiger partial charge >= 0.3 is 18.0 Å². The van der Waals surface area contributed by atoms with E-state index in [4.69, 9.17) is 14.2 Å². The molecule has 0 bridgehead atoms. The Kier molecular flexibility index (Phi) is 18.1. The summed E-state index contributed by atoms with van der Waals surface area (Å²) in [6.07, 6.45) is -1.48. The molecule has 0 aliphatic heterocycles. The fourth-order valence-corrected chi connectivity index (χ4v) is 6.20. The molecule has 0 aliphatic carbocycles. The highest BCUT2D eigenvalue weighted by molar-refractivity contribution is 7.99. The standard InChI is InChI=1S/C32H53FN4O10SSi2/c1-32(2,3)47-31(42)36-24(30(41)46-17-19-50(7,8)9)11-13-27(38)35-25(21-48-26-12-10-22(37(43)44)20-23(26)33)29(40)34-15-14-28(39)45-16-18-49(4,5)6/h10,12,20,24-25H,11,13-19,21H2,1-9H3,(H,34,40)(H,35,38)(H,36,42)/t24-,25+/m1/s1. The molecule has 0 saturated heterocycles. The molecule has 0 radical (unpaired) electrons. The fourth-order valence-electron chi connectivity index (χ4n) is 3.83. The predicted molar refractivity (Wildman–Crippen MR) is 194 cm³/mol. The van der Waals surface area contributed by atoms with Crippen LogP contribution in [-0.2, 0) is 33.4 Å². The summed E-state index contributed by atoms with van der Waals surface area (Å²) in [6.45, 7) is 18.1. The Labute approximate surface area is 299 Å². The molecule has 2 atom stereocenters. The van der Waals surface area contributed by atoms with Crippen LogP contribution in [0.2, 0.25) is 51.4 Å². The summed E-state index contributed by atoms with van der Waals surface area (Å²) < 4.78 is 30.5. The third-order valence-electron chi connectivity index (χ3n) is 6.66. The second-order valence-electron chi connectivity index (χ2n) is 15.1. The number of rotatable bonds is 20. The summed E-state index contributed by atoms with van der Waals surface area (Å²) in [6, 6.07) is 2.10. The van der Waals surface area contributed by atoms with Gasteiger partial charge in [-0.3, -0.25) is 24.5 Å². The first-order valence-corrected chi connectivity index (χ1v) is 24.8. The number of nitro groups is 1. The number of hydrogen-bond acceptors (Lipinski definition) is 11. The molecule has 0 spiro atoms. The lowest BCUT2D eigenvalue weighted by molar-refractivity contribution is -0.385. The smallest absolute Gasteiger partial charge is 0.408 e. The van der Waals surface area contributed by atoms with Gasteiger partial charge in [0, 0.05) is 45.8 Å². The van der Waals surface area contributed by atoms with Gasteiger partial charge in [-0.25, -0.2) is 14.0 Å². The third-order valence-corrected chi connectivity index (χ3v) is 11.2. The van der Waals surface area contributed by atoms with Crippen LogP contribution in [0, 0.1) is 15.9 Å². The van der Waals surface area contributed by atoms with Gasteiger partial charge in [0.2, 0.25) is 11.8 Å². The Morgan fingerprint density at radius 1 is 0.920 bits per heavy atom. The lowest BCUT2D eigenvalue weighted by atomic mass is 10.1. The van der Waals surface area contributed by atoms with Crippen LogP contribution in [0.15, 0.2) is 23.1 Å². The summed E-state index contributed by atoms with van der Waals surface area (Å²) in [4.78, 5) is 74.1. The summed E-state index contributed by atoms with van der Waals surface area (Å²) in [7, 11) is -2.94. The fraction of sp³-hybridized carbons (Fsp3) is 0.656. The highest BCUT2D eigenvalue weighted by Crippen LogP contribution is 2.26. The highest BCUT2D eigenvalue weighted by Gasteiger charge is 2.28. The van der Waals surface area contributed by atoms with Crippen molar-refractivity contribution in [1.82, 2.24) is 16.0 Å². The number of ether oxygens (including phenoxy) is 3. The van der Waals surface area contributed by atoms with E-state index in [1.165, 1.54) is 6.07 Å². The van der Waals surface area contributed by atoms with Crippen molar-refractivity contribution < 1.29 is 47.5 Å². The Bertz CT molecular complexity index is 1350. The van der Waals surface area contributed by atoms with E-state index in [0.29, 0.717) is 6.04 Å². The van der Waals surface area contributed by atoms with Gasteiger partial charge in [-0.15, -0.1) is 11.8 Å². The van der Waals surface area contributed by atoms with Gasteiger partial charge in [-0.2, -0.15) is 0 Å². The maximum atomic E-state index is 14.6. The lowest BCUT2D eigenvalue weighted by Gasteiger charge is -2.24. The molecular formula is C32H53FN4O10SSi2. The first-order valence-electron chi connectivity index (χ1n) is 16.4. The van der Waals surface area contributed by atoms with Gasteiger partial charge in [0.1, 0.15) is 23.5 Å². The number of esters is 2. The normalized spacial score (nSPS) is 13.0. The van der Waals surface area contributed by atoms with E-state index < -0.39 is 80.1 Å². The number of carbonyl (C=O) groups is 5. The topological polar surface area (TPSA) is 192 Å². The maximum Gasteiger partial charge on any atom is 0.408 e. The van der Waals surface area contributed by atoms with Crippen LogP contribution in [0.25, 0.3) is 0 Å². The van der Waals surface area contributed by atoms with E-state index in [-0.39, 0.29) is 49.7 Å². The molecule has 3 amide bonds. The lowest BCUT2D eigenvalue weighted by Crippen LogP contribution is -2.49. The number of amides is 3. The average Bonchev–Trinajstić information content (AvgIpc) is 2.95. The molecule has 1 aromatic carbocycles. The first kappa shape index (κ1) is 44.5. The zero-order valence-electron chi connectivity index (χ0n) is 30.6. The minimum absolute atomic E-state index is 0.0105. The van der Waals surface area contributed by atoms with Crippen molar-refractivity contribution in [2.45, 2.75) is 114 Å². The van der Waals surface area contributed by atoms with Gasteiger partial charge in [-0.1, -0.05) is 39.3 Å². The number of thioether (sulfide) groups is 1. The van der Waals surface area contributed by atoms with Crippen LogP contribution in [0.5, 0.6) is 0 Å². The Hall–Kier alpha value is -3.52. The predicted octanol–water partition coefficient (Wildman–Crippen LogP) is 5.25. The van der Waals surface area contributed by atoms with Crippen molar-refractivity contribution in [1.29, 1.82) is 0 Å². The van der Waals surface area contributed by atoms with Gasteiger partial charge in [0.25, 0.3) is 5.69 Å². The minimum atomic E-state index is -1.53. The zero-order valence-corrected chi connectivity index (χ0v) is 33.4. The molecule has 1 rings (SSSR count). The van der Waals surface area contributed by atoms with Crippen LogP contribution < -0.4 is 16.0 Å². The molecule has 50 heavy (non-hydrogen) atoms. The number of nitrogens with one attached hydrogen (secondary N) is 3. The van der Waals surface area contributed by atoms with Crippen LogP contribution in [0.4, 0.5) is 14.9 Å². The van der Waals surface area contributed by atoms with Crippen LogP contribution in [-0.4, -0.2) is 94.1 Å². The van der Waals surface area contributed by atoms with Crippen LogP contribution in [0.1, 0.15) is 40.0 Å². The monoisotopic (exact) mass is 760 g/mol. The number of nitro benzene ring substituents is 1. The summed E-state index contributed by atoms with van der Waals surface area (Å²) in [5.74, 6) is -3.61. The highest BCUT2D eigenvalue weighted by atomic mass is 32.2. The summed E-state index contributed by atoms with van der Waals surface area (Å²) in [5.41, 5.74) is -1.29. The quantitative estimate of drug-likeness (QED) is 0.0393. The molecule has 3 N–H and O–H groups in total. The van der Waals surface area contributed by atoms with E-state index in [1.807, 2.05) is 0 Å². The number of alkyl carbamates (subject to hydrolysis) is 1. The summed E-state index contributed by atoms with van der Waals surface area (Å²) >= 11 is 0.848. The van der Waals surface area contributed by atoms with Crippen molar-refractivity contribution in [3.8, 4) is 0 Å². The Balaban J connectivity index is 3.00. The zero-order chi connectivity index (χ0) is 38.3. The second kappa shape index (κ2) is 20.4. The van der Waals surface area contributed by atoms with Crippen LogP contribution in [0.3, 0.4) is 0 Å². The van der Waals surface area contributed by atoms with E-state index in [2.05, 4.69) is 55.2 Å². The van der Waals surface area contributed by atoms with Crippen molar-refractivity contribution in [2.75, 3.05) is 25.5 Å². The number of halogens is 1. The second-order valence-corrected chi connectivity index (χ2v) is 27.4. The molecule has 0 fully saturated rings. The van der Waals surface area contributed by atoms with Gasteiger partial charge in [0.15, 0.2) is 0 Å². The SMILES string of the molecule is CC(C)(C)OC(=O)N[C@H](CCC(=O)N[C@@H](CSc1ccc([N+](=O)[O-])cc1F)C(=O)NCCC(=O)OCC[Si](C)(C)C)C(=O)OCC[Si](C)(C)C. The van der Waals surface area contributed by atoms with E-state index in [9.17, 15) is 38.5 Å². The Morgan fingerprint density at radius 2 is 1.52 bits per heavy atom. The molecule has 18 heteroatoms. The largest absolute Gasteiger partial charge is 0.466 e. The molecule has 0 saturated carbocycles. The average molecular weight is 761 g/mol. The van der Waals surface area contributed by atoms with Crippen LogP contribution >= 0.6 is 11.8 Å². The third kappa shape index (κ3) is 20.2. The van der Waals surface area contributed by atoms with Gasteiger partial charge in [-0.05, 0) is 45.3 Å². The molecule has 0 aliphatic rings. The molecule has 14 nitrogen and oxygen atoms in total. The van der Waals surface area contributed by atoms with E-state index in [0.717, 1.165) is 29.9 Å². The maximum absolute atomic E-state index is 14.6. The van der Waals surface area contributed by atoms with Crippen molar-refractivity contribution in [3.05, 3.63) is 34.1 Å². The summed E-state index contributed by atoms with van der Waals surface area (Å²) in [5, 5.41) is 18.6. The van der Waals surface area contributed by atoms with Crippen molar-refractivity contribution in [2.24, 2.45) is 0 Å². The number of hydrogen-bond donors (Lipinski definition) is 3. The van der Waals surface area contributed by atoms with E-state index in [1.54, 1.807) is 20.8 Å². The number of non-ortho nitro benzene ring substituents is 1. The van der Waals surface area contributed by atoms with E-state index >= 15 is 0 Å². The first-order chi connectivity index (χ1) is 23.0. The minimum Gasteiger partial charge on any atom is -0.466 e. The molecule has 0 aromatic heterocycles. The molecule has 0 heterocycles. The molecule has 1 aromatic rings. The van der Waals surface area contributed by atoms with Gasteiger partial charge < -0.3 is 30.2 Å². The molecular weight excluding hydrogens is 708 g/mol. The van der Waals surface area contributed by atoms with Crippen molar-refractivity contribution >= 4 is 63.4 Å². The Morgan fingerprint density at radius 3 is 2.06 bits per heavy atom. The number of nitrogens with zero attached hydrogens (tertiary/aromatic N) is 1. The number of benzene rings is 1. The van der Waals surface area contributed by atoms with Crippen molar-refractivity contribution in [3.63, 3.8) is 0 Å². The molecule has 0 unspecified atom stereocenters.